The molecule has 5 heteroatoms. The van der Waals surface area contributed by atoms with Crippen molar-refractivity contribution in [3.8, 4) is 0 Å². The zero-order valence-corrected chi connectivity index (χ0v) is 9.54. The maximum absolute atomic E-state index is 8.43. The molecule has 0 radical (unpaired) electrons. The Hall–Kier alpha value is -0.200. The van der Waals surface area contributed by atoms with Gasteiger partial charge in [-0.05, 0) is 6.42 Å². The minimum atomic E-state index is 0.0859. The number of rotatable bonds is 12. The molecule has 92 valence electrons. The summed E-state index contributed by atoms with van der Waals surface area (Å²) in [6.45, 7) is 4.96. The Morgan fingerprint density at radius 3 is 2.20 bits per heavy atom. The fraction of sp³-hybridized carbons (Fsp3) is 1.00. The molecule has 0 aromatic heterocycles. The van der Waals surface area contributed by atoms with E-state index in [2.05, 4.69) is 5.32 Å². The second-order valence-electron chi connectivity index (χ2n) is 3.04. The third-order valence-electron chi connectivity index (χ3n) is 1.72. The van der Waals surface area contributed by atoms with Gasteiger partial charge in [0.15, 0.2) is 0 Å². The summed E-state index contributed by atoms with van der Waals surface area (Å²) >= 11 is 0. The Balaban J connectivity index is 2.81. The van der Waals surface area contributed by atoms with Crippen molar-refractivity contribution in [1.29, 1.82) is 0 Å². The number of nitrogens with one attached hydrogen (secondary N) is 1. The molecule has 5 nitrogen and oxygen atoms in total. The molecule has 0 spiro atoms. The molecule has 0 rings (SSSR count). The highest BCUT2D eigenvalue weighted by Gasteiger charge is 1.90. The molecule has 0 aliphatic heterocycles. The van der Waals surface area contributed by atoms with Crippen molar-refractivity contribution in [3.05, 3.63) is 0 Å². The first kappa shape index (κ1) is 14.8. The van der Waals surface area contributed by atoms with Crippen LogP contribution < -0.4 is 5.32 Å². The van der Waals surface area contributed by atoms with Gasteiger partial charge >= 0.3 is 0 Å². The first-order chi connectivity index (χ1) is 7.41. The minimum absolute atomic E-state index is 0.0859. The molecule has 0 bridgehead atoms. The van der Waals surface area contributed by atoms with Gasteiger partial charge in [0.25, 0.3) is 0 Å². The molecular formula is C10H23NO4. The molecule has 0 saturated carbocycles. The van der Waals surface area contributed by atoms with E-state index in [4.69, 9.17) is 19.3 Å². The Morgan fingerprint density at radius 1 is 0.933 bits per heavy atom. The Labute approximate surface area is 91.7 Å². The highest BCUT2D eigenvalue weighted by atomic mass is 16.5. The van der Waals surface area contributed by atoms with Crippen molar-refractivity contribution in [3.63, 3.8) is 0 Å². The molecule has 0 unspecified atom stereocenters. The fourth-order valence-electron chi connectivity index (χ4n) is 0.988. The molecule has 0 aromatic carbocycles. The number of methoxy groups -OCH3 is 1. The van der Waals surface area contributed by atoms with E-state index < -0.39 is 0 Å². The molecule has 0 amide bonds. The quantitative estimate of drug-likeness (QED) is 0.441. The van der Waals surface area contributed by atoms with E-state index in [1.54, 1.807) is 7.11 Å². The number of aliphatic hydroxyl groups excluding tert-OH is 1. The first-order valence-corrected chi connectivity index (χ1v) is 5.37. The minimum Gasteiger partial charge on any atom is -0.394 e. The number of ether oxygens (including phenoxy) is 3. The number of aliphatic hydroxyl groups is 1. The molecule has 0 aliphatic carbocycles. The molecule has 0 saturated heterocycles. The standard InChI is InChI=1S/C10H23NO4/c1-13-6-2-7-14-8-3-11-4-9-15-10-5-12/h11-12H,2-10H2,1H3. The van der Waals surface area contributed by atoms with Crippen LogP contribution in [-0.4, -0.2) is 64.9 Å². The third kappa shape index (κ3) is 13.8. The predicted molar refractivity (Wildman–Crippen MR) is 58.1 cm³/mol. The largest absolute Gasteiger partial charge is 0.394 e. The lowest BCUT2D eigenvalue weighted by molar-refractivity contribution is 0.0877. The van der Waals surface area contributed by atoms with Crippen LogP contribution in [0.15, 0.2) is 0 Å². The lowest BCUT2D eigenvalue weighted by Gasteiger charge is -2.06. The normalized spacial score (nSPS) is 10.8. The van der Waals surface area contributed by atoms with E-state index >= 15 is 0 Å². The topological polar surface area (TPSA) is 60.0 Å². The SMILES string of the molecule is COCCCOCCNCCOCCO. The lowest BCUT2D eigenvalue weighted by atomic mass is 10.5. The highest BCUT2D eigenvalue weighted by molar-refractivity contribution is 4.45. The number of hydrogen-bond donors (Lipinski definition) is 2. The van der Waals surface area contributed by atoms with Gasteiger partial charge in [-0.1, -0.05) is 0 Å². The van der Waals surface area contributed by atoms with Crippen LogP contribution in [0.3, 0.4) is 0 Å². The number of hydrogen-bond acceptors (Lipinski definition) is 5. The maximum Gasteiger partial charge on any atom is 0.0698 e. The van der Waals surface area contributed by atoms with E-state index in [-0.39, 0.29) is 6.61 Å². The molecule has 0 heterocycles. The summed E-state index contributed by atoms with van der Waals surface area (Å²) in [5, 5.41) is 11.6. The zero-order valence-electron chi connectivity index (χ0n) is 9.54. The van der Waals surface area contributed by atoms with Crippen LogP contribution in [0.5, 0.6) is 0 Å². The maximum atomic E-state index is 8.43. The van der Waals surface area contributed by atoms with Crippen molar-refractivity contribution in [1.82, 2.24) is 5.32 Å². The van der Waals surface area contributed by atoms with Gasteiger partial charge in [0.1, 0.15) is 0 Å². The summed E-state index contributed by atoms with van der Waals surface area (Å²) in [6, 6.07) is 0. The molecular weight excluding hydrogens is 198 g/mol. The summed E-state index contributed by atoms with van der Waals surface area (Å²) in [7, 11) is 1.69. The first-order valence-electron chi connectivity index (χ1n) is 5.37. The van der Waals surface area contributed by atoms with Crippen LogP contribution in [0.25, 0.3) is 0 Å². The van der Waals surface area contributed by atoms with E-state index in [1.165, 1.54) is 0 Å². The van der Waals surface area contributed by atoms with Gasteiger partial charge in [0.05, 0.1) is 26.4 Å². The van der Waals surface area contributed by atoms with Crippen molar-refractivity contribution >= 4 is 0 Å². The molecule has 0 aliphatic rings. The second-order valence-corrected chi connectivity index (χ2v) is 3.04. The van der Waals surface area contributed by atoms with Crippen molar-refractivity contribution in [2.45, 2.75) is 6.42 Å². The third-order valence-corrected chi connectivity index (χ3v) is 1.72. The average Bonchev–Trinajstić information content (AvgIpc) is 2.26. The van der Waals surface area contributed by atoms with E-state index in [0.29, 0.717) is 19.8 Å². The summed E-state index contributed by atoms with van der Waals surface area (Å²) < 4.78 is 15.3. The molecule has 15 heavy (non-hydrogen) atoms. The van der Waals surface area contributed by atoms with Crippen LogP contribution >= 0.6 is 0 Å². The van der Waals surface area contributed by atoms with Crippen LogP contribution in [0.4, 0.5) is 0 Å². The summed E-state index contributed by atoms with van der Waals surface area (Å²) in [4.78, 5) is 0. The van der Waals surface area contributed by atoms with Gasteiger partial charge in [-0.3, -0.25) is 0 Å². The molecule has 2 N–H and O–H groups in total. The van der Waals surface area contributed by atoms with E-state index in [1.807, 2.05) is 0 Å². The Bertz CT molecular complexity index is 102. The summed E-state index contributed by atoms with van der Waals surface area (Å²) in [5.41, 5.74) is 0. The van der Waals surface area contributed by atoms with Gasteiger partial charge in [-0.15, -0.1) is 0 Å². The second kappa shape index (κ2) is 13.8. The van der Waals surface area contributed by atoms with Crippen LogP contribution in [0, 0.1) is 0 Å². The Morgan fingerprint density at radius 2 is 1.60 bits per heavy atom. The lowest BCUT2D eigenvalue weighted by Crippen LogP contribution is -2.24. The van der Waals surface area contributed by atoms with Crippen LogP contribution in [0.1, 0.15) is 6.42 Å². The van der Waals surface area contributed by atoms with Crippen molar-refractivity contribution < 1.29 is 19.3 Å². The van der Waals surface area contributed by atoms with Crippen LogP contribution in [-0.2, 0) is 14.2 Å². The van der Waals surface area contributed by atoms with E-state index in [0.717, 1.165) is 32.7 Å². The van der Waals surface area contributed by atoms with Gasteiger partial charge in [0.2, 0.25) is 0 Å². The predicted octanol–water partition coefficient (Wildman–Crippen LogP) is -0.362. The van der Waals surface area contributed by atoms with Gasteiger partial charge in [-0.25, -0.2) is 0 Å². The molecule has 0 atom stereocenters. The summed E-state index contributed by atoms with van der Waals surface area (Å²) in [6.07, 6.45) is 0.941. The van der Waals surface area contributed by atoms with E-state index in [9.17, 15) is 0 Å². The zero-order chi connectivity index (χ0) is 11.2. The van der Waals surface area contributed by atoms with Crippen molar-refractivity contribution in [2.24, 2.45) is 0 Å². The van der Waals surface area contributed by atoms with Gasteiger partial charge in [0, 0.05) is 33.4 Å². The van der Waals surface area contributed by atoms with Gasteiger partial charge < -0.3 is 24.6 Å². The smallest absolute Gasteiger partial charge is 0.0698 e. The van der Waals surface area contributed by atoms with Gasteiger partial charge in [-0.2, -0.15) is 0 Å². The highest BCUT2D eigenvalue weighted by Crippen LogP contribution is 1.82. The average molecular weight is 221 g/mol. The fourth-order valence-corrected chi connectivity index (χ4v) is 0.988. The summed E-state index contributed by atoms with van der Waals surface area (Å²) in [5.74, 6) is 0. The Kier molecular flexibility index (Phi) is 13.6. The molecule has 0 fully saturated rings. The van der Waals surface area contributed by atoms with Crippen molar-refractivity contribution in [2.75, 3.05) is 59.8 Å². The molecule has 0 aromatic rings. The van der Waals surface area contributed by atoms with Crippen LogP contribution in [0.2, 0.25) is 0 Å². The monoisotopic (exact) mass is 221 g/mol.